The van der Waals surface area contributed by atoms with Crippen LogP contribution >= 0.6 is 0 Å². The lowest BCUT2D eigenvalue weighted by Crippen LogP contribution is -2.49. The van der Waals surface area contributed by atoms with Crippen LogP contribution in [0.2, 0.25) is 0 Å². The van der Waals surface area contributed by atoms with E-state index in [0.717, 1.165) is 64.7 Å². The minimum absolute atomic E-state index is 0.249. The molecule has 2 aromatic rings. The van der Waals surface area contributed by atoms with Gasteiger partial charge in [0, 0.05) is 57.6 Å². The normalized spacial score (nSPS) is 17.5. The van der Waals surface area contributed by atoms with Crippen molar-refractivity contribution in [3.8, 4) is 0 Å². The Hall–Kier alpha value is -2.60. The van der Waals surface area contributed by atoms with Crippen LogP contribution in [0, 0.1) is 6.92 Å². The molecule has 2 saturated heterocycles. The molecule has 0 saturated carbocycles. The number of amides is 1. The van der Waals surface area contributed by atoms with Crippen LogP contribution in [0.1, 0.15) is 17.5 Å². The largest absolute Gasteiger partial charge is 0.378 e. The van der Waals surface area contributed by atoms with E-state index < -0.39 is 0 Å². The van der Waals surface area contributed by atoms with Crippen molar-refractivity contribution in [1.29, 1.82) is 0 Å². The maximum atomic E-state index is 12.7. The van der Waals surface area contributed by atoms with Gasteiger partial charge in [0.1, 0.15) is 5.82 Å². The average molecular weight is 395 g/mol. The third-order valence-electron chi connectivity index (χ3n) is 5.86. The summed E-state index contributed by atoms with van der Waals surface area (Å²) in [6, 6.07) is 12.6. The molecule has 1 aromatic heterocycles. The van der Waals surface area contributed by atoms with Gasteiger partial charge in [0.2, 0.25) is 5.91 Å². The van der Waals surface area contributed by atoms with Gasteiger partial charge >= 0.3 is 0 Å². The zero-order valence-corrected chi connectivity index (χ0v) is 17.2. The van der Waals surface area contributed by atoms with Crippen molar-refractivity contribution in [2.75, 3.05) is 62.3 Å². The Morgan fingerprint density at radius 1 is 1.00 bits per heavy atom. The van der Waals surface area contributed by atoms with E-state index in [4.69, 9.17) is 4.74 Å². The molecule has 154 valence electrons. The maximum absolute atomic E-state index is 12.7. The highest BCUT2D eigenvalue weighted by Crippen LogP contribution is 2.21. The zero-order valence-electron chi connectivity index (χ0n) is 17.2. The van der Waals surface area contributed by atoms with Crippen LogP contribution in [0.25, 0.3) is 0 Å². The predicted molar refractivity (Wildman–Crippen MR) is 116 cm³/mol. The number of ether oxygens (including phenoxy) is 1. The van der Waals surface area contributed by atoms with Crippen molar-refractivity contribution >= 4 is 17.4 Å². The van der Waals surface area contributed by atoms with Gasteiger partial charge < -0.3 is 19.4 Å². The highest BCUT2D eigenvalue weighted by atomic mass is 16.5. The molecule has 1 amide bonds. The van der Waals surface area contributed by atoms with Gasteiger partial charge in [-0.1, -0.05) is 18.2 Å². The number of para-hydroxylation sites is 1. The van der Waals surface area contributed by atoms with Gasteiger partial charge in [0.15, 0.2) is 0 Å². The summed E-state index contributed by atoms with van der Waals surface area (Å²) in [5, 5.41) is 0. The van der Waals surface area contributed by atoms with Crippen LogP contribution in [-0.4, -0.2) is 68.3 Å². The fourth-order valence-corrected chi connectivity index (χ4v) is 4.11. The standard InChI is InChI=1S/C23H30N4O2/c1-19-4-2-3-5-21(19)25-10-12-27(13-11-25)23(28)7-6-20-8-9-24-22(18-20)26-14-16-29-17-15-26/h2-5,8-9,18H,6-7,10-17H2,1H3. The molecule has 0 atom stereocenters. The van der Waals surface area contributed by atoms with E-state index in [2.05, 4.69) is 52.0 Å². The molecule has 3 heterocycles. The summed E-state index contributed by atoms with van der Waals surface area (Å²) in [5.74, 6) is 1.24. The van der Waals surface area contributed by atoms with E-state index >= 15 is 0 Å². The maximum Gasteiger partial charge on any atom is 0.223 e. The van der Waals surface area contributed by atoms with E-state index in [1.165, 1.54) is 16.8 Å². The minimum atomic E-state index is 0.249. The summed E-state index contributed by atoms with van der Waals surface area (Å²) < 4.78 is 5.42. The molecule has 0 aliphatic carbocycles. The van der Waals surface area contributed by atoms with Crippen LogP contribution in [0.5, 0.6) is 0 Å². The summed E-state index contributed by atoms with van der Waals surface area (Å²) in [5.41, 5.74) is 3.75. The summed E-state index contributed by atoms with van der Waals surface area (Å²) in [6.07, 6.45) is 3.17. The molecule has 0 unspecified atom stereocenters. The lowest BCUT2D eigenvalue weighted by Gasteiger charge is -2.37. The van der Waals surface area contributed by atoms with Crippen LogP contribution in [-0.2, 0) is 16.0 Å². The zero-order chi connectivity index (χ0) is 20.1. The number of aryl methyl sites for hydroxylation is 2. The van der Waals surface area contributed by atoms with Crippen molar-refractivity contribution in [2.45, 2.75) is 19.8 Å². The second-order valence-electron chi connectivity index (χ2n) is 7.78. The first-order chi connectivity index (χ1) is 14.2. The first-order valence-corrected chi connectivity index (χ1v) is 10.6. The summed E-state index contributed by atoms with van der Waals surface area (Å²) in [6.45, 7) is 8.77. The molecule has 6 heteroatoms. The molecule has 2 fully saturated rings. The predicted octanol–water partition coefficient (Wildman–Crippen LogP) is 2.51. The van der Waals surface area contributed by atoms with Crippen molar-refractivity contribution in [2.24, 2.45) is 0 Å². The number of morpholine rings is 1. The number of anilines is 2. The number of piperazine rings is 1. The molecule has 4 rings (SSSR count). The summed E-state index contributed by atoms with van der Waals surface area (Å²) in [7, 11) is 0. The quantitative estimate of drug-likeness (QED) is 0.780. The minimum Gasteiger partial charge on any atom is -0.378 e. The molecule has 2 aliphatic heterocycles. The fourth-order valence-electron chi connectivity index (χ4n) is 4.11. The van der Waals surface area contributed by atoms with Gasteiger partial charge in [-0.25, -0.2) is 4.98 Å². The number of carbonyl (C=O) groups excluding carboxylic acids is 1. The third-order valence-corrected chi connectivity index (χ3v) is 5.86. The number of hydrogen-bond acceptors (Lipinski definition) is 5. The van der Waals surface area contributed by atoms with Gasteiger partial charge in [0.25, 0.3) is 0 Å². The Labute approximate surface area is 173 Å². The highest BCUT2D eigenvalue weighted by molar-refractivity contribution is 5.77. The Kier molecular flexibility index (Phi) is 6.30. The number of benzene rings is 1. The number of carbonyl (C=O) groups is 1. The second kappa shape index (κ2) is 9.27. The van der Waals surface area contributed by atoms with E-state index in [0.29, 0.717) is 6.42 Å². The van der Waals surface area contributed by atoms with Crippen molar-refractivity contribution in [1.82, 2.24) is 9.88 Å². The van der Waals surface area contributed by atoms with Gasteiger partial charge in [0.05, 0.1) is 13.2 Å². The van der Waals surface area contributed by atoms with Gasteiger partial charge in [-0.15, -0.1) is 0 Å². The Morgan fingerprint density at radius 2 is 1.76 bits per heavy atom. The van der Waals surface area contributed by atoms with Crippen LogP contribution < -0.4 is 9.80 Å². The molecule has 0 N–H and O–H groups in total. The highest BCUT2D eigenvalue weighted by Gasteiger charge is 2.22. The van der Waals surface area contributed by atoms with Crippen molar-refractivity contribution < 1.29 is 9.53 Å². The van der Waals surface area contributed by atoms with Crippen LogP contribution in [0.15, 0.2) is 42.6 Å². The summed E-state index contributed by atoms with van der Waals surface area (Å²) in [4.78, 5) is 23.9. The number of rotatable bonds is 5. The molecule has 0 radical (unpaired) electrons. The topological polar surface area (TPSA) is 48.9 Å². The lowest BCUT2D eigenvalue weighted by atomic mass is 10.1. The molecular weight excluding hydrogens is 364 g/mol. The van der Waals surface area contributed by atoms with Gasteiger partial charge in [-0.05, 0) is 42.7 Å². The van der Waals surface area contributed by atoms with E-state index in [9.17, 15) is 4.79 Å². The van der Waals surface area contributed by atoms with Gasteiger partial charge in [-0.3, -0.25) is 4.79 Å². The number of aromatic nitrogens is 1. The Balaban J connectivity index is 1.28. The van der Waals surface area contributed by atoms with E-state index in [-0.39, 0.29) is 5.91 Å². The number of hydrogen-bond donors (Lipinski definition) is 0. The number of nitrogens with zero attached hydrogens (tertiary/aromatic N) is 4. The first kappa shape index (κ1) is 19.7. The van der Waals surface area contributed by atoms with Crippen molar-refractivity contribution in [3.05, 3.63) is 53.7 Å². The van der Waals surface area contributed by atoms with E-state index in [1.54, 1.807) is 0 Å². The monoisotopic (exact) mass is 394 g/mol. The second-order valence-corrected chi connectivity index (χ2v) is 7.78. The average Bonchev–Trinajstić information content (AvgIpc) is 2.79. The van der Waals surface area contributed by atoms with Crippen LogP contribution in [0.3, 0.4) is 0 Å². The lowest BCUT2D eigenvalue weighted by molar-refractivity contribution is -0.131. The molecule has 2 aliphatic rings. The van der Waals surface area contributed by atoms with E-state index in [1.807, 2.05) is 17.2 Å². The molecule has 29 heavy (non-hydrogen) atoms. The molecule has 1 aromatic carbocycles. The Bertz CT molecular complexity index is 827. The molecule has 0 spiro atoms. The number of pyridine rings is 1. The smallest absolute Gasteiger partial charge is 0.223 e. The molecule has 0 bridgehead atoms. The summed E-state index contributed by atoms with van der Waals surface area (Å²) >= 11 is 0. The van der Waals surface area contributed by atoms with Crippen molar-refractivity contribution in [3.63, 3.8) is 0 Å². The fraction of sp³-hybridized carbons (Fsp3) is 0.478. The van der Waals surface area contributed by atoms with Crippen LogP contribution in [0.4, 0.5) is 11.5 Å². The Morgan fingerprint density at radius 3 is 2.52 bits per heavy atom. The SMILES string of the molecule is Cc1ccccc1N1CCN(C(=O)CCc2ccnc(N3CCOCC3)c2)CC1. The first-order valence-electron chi connectivity index (χ1n) is 10.6. The third kappa shape index (κ3) is 4.88. The van der Waals surface area contributed by atoms with Gasteiger partial charge in [-0.2, -0.15) is 0 Å². The molecular formula is C23H30N4O2. The molecule has 6 nitrogen and oxygen atoms in total.